The number of primary amides is 1. The highest BCUT2D eigenvalue weighted by Crippen LogP contribution is 2.27. The molecule has 1 unspecified atom stereocenters. The number of nitrogens with zero attached hydrogens (tertiary/aromatic N) is 2. The second-order valence-corrected chi connectivity index (χ2v) is 6.34. The number of hydrogen-bond donors (Lipinski definition) is 1. The highest BCUT2D eigenvalue weighted by molar-refractivity contribution is 6.34. The second kappa shape index (κ2) is 6.76. The smallest absolute Gasteiger partial charge is 0.266 e. The molecular weight excluding hydrogens is 337 g/mol. The Morgan fingerprint density at radius 1 is 1.33 bits per heavy atom. The number of carbonyl (C=O) groups excluding carboxylic acids is 2. The van der Waals surface area contributed by atoms with Gasteiger partial charge in [0, 0.05) is 25.4 Å². The van der Waals surface area contributed by atoms with Gasteiger partial charge in [0.2, 0.25) is 12.0 Å². The number of halogens is 2. The van der Waals surface area contributed by atoms with Crippen LogP contribution in [0.25, 0.3) is 0 Å². The molecule has 2 aliphatic rings. The first kappa shape index (κ1) is 16.7. The van der Waals surface area contributed by atoms with Crippen molar-refractivity contribution >= 4 is 29.1 Å². The molecule has 2 N–H and O–H groups in total. The number of rotatable bonds is 3. The van der Waals surface area contributed by atoms with Gasteiger partial charge in [-0.25, -0.2) is 4.39 Å². The molecule has 2 amide bonds. The van der Waals surface area contributed by atoms with Crippen LogP contribution in [0.4, 0.5) is 4.39 Å². The van der Waals surface area contributed by atoms with E-state index in [0.717, 1.165) is 0 Å². The van der Waals surface area contributed by atoms with Crippen LogP contribution in [-0.4, -0.2) is 41.6 Å². The average Bonchev–Trinajstić information content (AvgIpc) is 3.03. The van der Waals surface area contributed by atoms with Crippen LogP contribution in [0.15, 0.2) is 23.4 Å². The van der Waals surface area contributed by atoms with Crippen molar-refractivity contribution in [1.82, 2.24) is 4.90 Å². The Balaban J connectivity index is 1.63. The summed E-state index contributed by atoms with van der Waals surface area (Å²) >= 11 is 6.02. The maximum absolute atomic E-state index is 13.9. The highest BCUT2D eigenvalue weighted by Gasteiger charge is 2.36. The lowest BCUT2D eigenvalue weighted by Crippen LogP contribution is -2.45. The Hall–Kier alpha value is -2.15. The summed E-state index contributed by atoms with van der Waals surface area (Å²) in [6.07, 6.45) is 0.456. The van der Waals surface area contributed by atoms with Crippen LogP contribution in [0.5, 0.6) is 0 Å². The number of amides is 2. The zero-order valence-electron chi connectivity index (χ0n) is 12.9. The van der Waals surface area contributed by atoms with Gasteiger partial charge in [-0.1, -0.05) is 22.8 Å². The Kier molecular flexibility index (Phi) is 4.71. The van der Waals surface area contributed by atoms with Gasteiger partial charge in [-0.2, -0.15) is 0 Å². The Morgan fingerprint density at radius 2 is 2.04 bits per heavy atom. The molecule has 2 aliphatic heterocycles. The third-order valence-corrected chi connectivity index (χ3v) is 4.72. The number of oxime groups is 1. The molecular formula is C16H17ClFN3O3. The Labute approximate surface area is 143 Å². The first-order chi connectivity index (χ1) is 11.5. The predicted molar refractivity (Wildman–Crippen MR) is 85.9 cm³/mol. The van der Waals surface area contributed by atoms with Gasteiger partial charge in [0.05, 0.1) is 16.3 Å². The van der Waals surface area contributed by atoms with E-state index in [2.05, 4.69) is 5.16 Å². The average molecular weight is 354 g/mol. The summed E-state index contributed by atoms with van der Waals surface area (Å²) < 4.78 is 13.9. The number of hydrogen-bond acceptors (Lipinski definition) is 4. The summed E-state index contributed by atoms with van der Waals surface area (Å²) in [4.78, 5) is 30.5. The van der Waals surface area contributed by atoms with E-state index in [1.807, 2.05) is 0 Å². The van der Waals surface area contributed by atoms with Gasteiger partial charge in [0.1, 0.15) is 5.82 Å². The second-order valence-electron chi connectivity index (χ2n) is 5.93. The molecule has 0 saturated carbocycles. The molecule has 2 heterocycles. The molecule has 1 aromatic rings. The van der Waals surface area contributed by atoms with E-state index < -0.39 is 11.9 Å². The summed E-state index contributed by atoms with van der Waals surface area (Å²) in [5, 5.41) is 4.07. The van der Waals surface area contributed by atoms with Gasteiger partial charge < -0.3 is 15.5 Å². The molecule has 0 bridgehead atoms. The molecule has 1 aromatic carbocycles. The largest absolute Gasteiger partial charge is 0.382 e. The van der Waals surface area contributed by atoms with Crippen LogP contribution in [0.3, 0.4) is 0 Å². The lowest BCUT2D eigenvalue weighted by molar-refractivity contribution is -0.144. The SMILES string of the molecule is NC(=O)C1CCN(C(=O)C2CC(c3c(F)cccc3Cl)=NO2)CC1. The van der Waals surface area contributed by atoms with E-state index in [-0.39, 0.29) is 34.7 Å². The van der Waals surface area contributed by atoms with Gasteiger partial charge in [0.25, 0.3) is 5.91 Å². The Morgan fingerprint density at radius 3 is 2.67 bits per heavy atom. The summed E-state index contributed by atoms with van der Waals surface area (Å²) in [5.74, 6) is -1.24. The van der Waals surface area contributed by atoms with Crippen LogP contribution >= 0.6 is 11.6 Å². The summed E-state index contributed by atoms with van der Waals surface area (Å²) in [7, 11) is 0. The number of likely N-dealkylation sites (tertiary alicyclic amines) is 1. The van der Waals surface area contributed by atoms with Crippen LogP contribution in [0.1, 0.15) is 24.8 Å². The number of nitrogens with two attached hydrogens (primary N) is 1. The zero-order valence-corrected chi connectivity index (χ0v) is 13.6. The van der Waals surface area contributed by atoms with Crippen molar-refractivity contribution < 1.29 is 18.8 Å². The molecule has 128 valence electrons. The fourth-order valence-electron chi connectivity index (χ4n) is 3.02. The van der Waals surface area contributed by atoms with Crippen molar-refractivity contribution in [2.75, 3.05) is 13.1 Å². The lowest BCUT2D eigenvalue weighted by atomic mass is 9.95. The maximum atomic E-state index is 13.9. The van der Waals surface area contributed by atoms with E-state index >= 15 is 0 Å². The highest BCUT2D eigenvalue weighted by atomic mass is 35.5. The topological polar surface area (TPSA) is 85.0 Å². The quantitative estimate of drug-likeness (QED) is 0.897. The molecule has 1 saturated heterocycles. The van der Waals surface area contributed by atoms with E-state index in [9.17, 15) is 14.0 Å². The van der Waals surface area contributed by atoms with Gasteiger partial charge >= 0.3 is 0 Å². The maximum Gasteiger partial charge on any atom is 0.266 e. The first-order valence-electron chi connectivity index (χ1n) is 7.72. The standard InChI is InChI=1S/C16H17ClFN3O3/c17-10-2-1-3-11(18)14(10)12-8-13(24-20-12)16(23)21-6-4-9(5-7-21)15(19)22/h1-3,9,13H,4-8H2,(H2,19,22). The molecule has 6 nitrogen and oxygen atoms in total. The molecule has 0 aliphatic carbocycles. The minimum Gasteiger partial charge on any atom is -0.382 e. The molecule has 24 heavy (non-hydrogen) atoms. The monoisotopic (exact) mass is 353 g/mol. The van der Waals surface area contributed by atoms with Crippen molar-refractivity contribution in [2.45, 2.75) is 25.4 Å². The van der Waals surface area contributed by atoms with Crippen molar-refractivity contribution in [2.24, 2.45) is 16.8 Å². The first-order valence-corrected chi connectivity index (χ1v) is 8.10. The Bertz CT molecular complexity index is 682. The van der Waals surface area contributed by atoms with Crippen LogP contribution in [-0.2, 0) is 14.4 Å². The van der Waals surface area contributed by atoms with Crippen LogP contribution in [0, 0.1) is 11.7 Å². The lowest BCUT2D eigenvalue weighted by Gasteiger charge is -2.31. The van der Waals surface area contributed by atoms with E-state index in [1.54, 1.807) is 11.0 Å². The van der Waals surface area contributed by atoms with Gasteiger partial charge in [-0.3, -0.25) is 9.59 Å². The summed E-state index contributed by atoms with van der Waals surface area (Å²) in [5.41, 5.74) is 5.78. The minimum atomic E-state index is -0.791. The van der Waals surface area contributed by atoms with Gasteiger partial charge in [0.15, 0.2) is 0 Å². The number of piperidine rings is 1. The van der Waals surface area contributed by atoms with Gasteiger partial charge in [-0.15, -0.1) is 0 Å². The van der Waals surface area contributed by atoms with Crippen molar-refractivity contribution in [3.63, 3.8) is 0 Å². The van der Waals surface area contributed by atoms with Gasteiger partial charge in [-0.05, 0) is 25.0 Å². The molecule has 1 fully saturated rings. The summed E-state index contributed by atoms with van der Waals surface area (Å²) in [6, 6.07) is 4.35. The predicted octanol–water partition coefficient (Wildman–Crippen LogP) is 1.70. The number of carbonyl (C=O) groups is 2. The zero-order chi connectivity index (χ0) is 17.3. The van der Waals surface area contributed by atoms with E-state index in [0.29, 0.717) is 31.6 Å². The fourth-order valence-corrected chi connectivity index (χ4v) is 3.29. The molecule has 1 atom stereocenters. The van der Waals surface area contributed by atoms with Crippen molar-refractivity contribution in [1.29, 1.82) is 0 Å². The molecule has 0 radical (unpaired) electrons. The van der Waals surface area contributed by atoms with Crippen molar-refractivity contribution in [3.8, 4) is 0 Å². The van der Waals surface area contributed by atoms with E-state index in [1.165, 1.54) is 12.1 Å². The molecule has 0 aromatic heterocycles. The van der Waals surface area contributed by atoms with E-state index in [4.69, 9.17) is 22.2 Å². The molecule has 8 heteroatoms. The molecule has 3 rings (SSSR count). The normalized spacial score (nSPS) is 21.3. The van der Waals surface area contributed by atoms with Crippen LogP contribution in [0.2, 0.25) is 5.02 Å². The van der Waals surface area contributed by atoms with Crippen LogP contribution < -0.4 is 5.73 Å². The fraction of sp³-hybridized carbons (Fsp3) is 0.438. The van der Waals surface area contributed by atoms with Crippen molar-refractivity contribution in [3.05, 3.63) is 34.6 Å². The third kappa shape index (κ3) is 3.21. The minimum absolute atomic E-state index is 0.162. The number of benzene rings is 1. The summed E-state index contributed by atoms with van der Waals surface area (Å²) in [6.45, 7) is 0.893. The third-order valence-electron chi connectivity index (χ3n) is 4.40. The molecule has 0 spiro atoms.